The van der Waals surface area contributed by atoms with Crippen LogP contribution in [0.3, 0.4) is 0 Å². The van der Waals surface area contributed by atoms with Gasteiger partial charge >= 0.3 is 5.97 Å². The van der Waals surface area contributed by atoms with Crippen LogP contribution in [-0.4, -0.2) is 41.8 Å². The molecule has 2 aromatic rings. The number of amides is 1. The highest BCUT2D eigenvalue weighted by atomic mass is 35.5. The van der Waals surface area contributed by atoms with E-state index in [-0.39, 0.29) is 30.4 Å². The average Bonchev–Trinajstić information content (AvgIpc) is 2.74. The number of halogens is 1. The lowest BCUT2D eigenvalue weighted by Gasteiger charge is -2.32. The highest BCUT2D eigenvalue weighted by Crippen LogP contribution is 2.23. The molecule has 0 spiro atoms. The SMILES string of the molecule is Cc1ccc(C(C)NC(=O)COC(=O)C2CCCN(c3ccc(Cl)nn3)C2)cc1C. The van der Waals surface area contributed by atoms with Crippen LogP contribution in [0.2, 0.25) is 5.15 Å². The minimum Gasteiger partial charge on any atom is -0.455 e. The van der Waals surface area contributed by atoms with Crippen LogP contribution in [-0.2, 0) is 14.3 Å². The van der Waals surface area contributed by atoms with Crippen LogP contribution in [0.5, 0.6) is 0 Å². The third kappa shape index (κ3) is 5.69. The Morgan fingerprint density at radius 2 is 2.03 bits per heavy atom. The van der Waals surface area contributed by atoms with E-state index in [9.17, 15) is 9.59 Å². The smallest absolute Gasteiger partial charge is 0.311 e. The maximum atomic E-state index is 12.5. The second-order valence-electron chi connectivity index (χ2n) is 7.74. The van der Waals surface area contributed by atoms with E-state index in [0.29, 0.717) is 17.5 Å². The number of carbonyl (C=O) groups is 2. The predicted molar refractivity (Wildman–Crippen MR) is 115 cm³/mol. The van der Waals surface area contributed by atoms with Crippen molar-refractivity contribution in [2.45, 2.75) is 39.7 Å². The van der Waals surface area contributed by atoms with E-state index in [1.54, 1.807) is 12.1 Å². The van der Waals surface area contributed by atoms with Crippen molar-refractivity contribution in [3.63, 3.8) is 0 Å². The summed E-state index contributed by atoms with van der Waals surface area (Å²) in [5.41, 5.74) is 3.40. The van der Waals surface area contributed by atoms with Gasteiger partial charge in [-0.3, -0.25) is 9.59 Å². The number of hydrogen-bond donors (Lipinski definition) is 1. The largest absolute Gasteiger partial charge is 0.455 e. The minimum absolute atomic E-state index is 0.163. The Hall–Kier alpha value is -2.67. The molecule has 160 valence electrons. The quantitative estimate of drug-likeness (QED) is 0.707. The molecule has 1 aromatic heterocycles. The zero-order valence-electron chi connectivity index (χ0n) is 17.5. The molecule has 0 radical (unpaired) electrons. The fourth-order valence-corrected chi connectivity index (χ4v) is 3.61. The fraction of sp³-hybridized carbons (Fsp3) is 0.455. The molecular weight excluding hydrogens is 404 g/mol. The van der Waals surface area contributed by atoms with Gasteiger partial charge in [0.25, 0.3) is 5.91 Å². The predicted octanol–water partition coefficient (Wildman–Crippen LogP) is 3.38. The number of piperidine rings is 1. The molecule has 0 saturated carbocycles. The summed E-state index contributed by atoms with van der Waals surface area (Å²) in [6.45, 7) is 6.98. The van der Waals surface area contributed by atoms with Crippen LogP contribution >= 0.6 is 11.6 Å². The molecule has 1 fully saturated rings. The lowest BCUT2D eigenvalue weighted by atomic mass is 9.98. The van der Waals surface area contributed by atoms with Crippen LogP contribution in [0.25, 0.3) is 0 Å². The Labute approximate surface area is 181 Å². The third-order valence-electron chi connectivity index (χ3n) is 5.45. The number of esters is 1. The van der Waals surface area contributed by atoms with Crippen molar-refractivity contribution in [2.75, 3.05) is 24.6 Å². The van der Waals surface area contributed by atoms with Crippen molar-refractivity contribution in [3.05, 3.63) is 52.2 Å². The molecule has 3 rings (SSSR count). The summed E-state index contributed by atoms with van der Waals surface area (Å²) in [6, 6.07) is 9.38. The number of aromatic nitrogens is 2. The molecule has 2 atom stereocenters. The van der Waals surface area contributed by atoms with Crippen molar-refractivity contribution in [3.8, 4) is 0 Å². The summed E-state index contributed by atoms with van der Waals surface area (Å²) >= 11 is 5.79. The Balaban J connectivity index is 1.48. The summed E-state index contributed by atoms with van der Waals surface area (Å²) in [6.07, 6.45) is 1.55. The number of nitrogens with zero attached hydrogens (tertiary/aromatic N) is 3. The van der Waals surface area contributed by atoms with E-state index in [1.807, 2.05) is 37.8 Å². The third-order valence-corrected chi connectivity index (χ3v) is 5.65. The first-order valence-corrected chi connectivity index (χ1v) is 10.5. The van der Waals surface area contributed by atoms with Gasteiger partial charge in [0, 0.05) is 13.1 Å². The molecule has 7 nitrogen and oxygen atoms in total. The van der Waals surface area contributed by atoms with Crippen molar-refractivity contribution in [2.24, 2.45) is 5.92 Å². The molecule has 1 aromatic carbocycles. The summed E-state index contributed by atoms with van der Waals surface area (Å²) in [4.78, 5) is 26.7. The van der Waals surface area contributed by atoms with Gasteiger partial charge < -0.3 is 15.0 Å². The lowest BCUT2D eigenvalue weighted by molar-refractivity contribution is -0.153. The molecule has 1 aliphatic rings. The van der Waals surface area contributed by atoms with Crippen molar-refractivity contribution < 1.29 is 14.3 Å². The monoisotopic (exact) mass is 430 g/mol. The molecule has 1 aliphatic heterocycles. The molecule has 2 heterocycles. The van der Waals surface area contributed by atoms with Gasteiger partial charge in [0.1, 0.15) is 0 Å². The van der Waals surface area contributed by atoms with E-state index < -0.39 is 0 Å². The lowest BCUT2D eigenvalue weighted by Crippen LogP contribution is -2.41. The Kier molecular flexibility index (Phi) is 7.26. The second-order valence-corrected chi connectivity index (χ2v) is 8.13. The number of anilines is 1. The standard InChI is InChI=1S/C22H27ClN4O3/c1-14-6-7-17(11-15(14)2)16(3)24-21(28)13-30-22(29)18-5-4-10-27(12-18)20-9-8-19(23)25-26-20/h6-9,11,16,18H,4-5,10,12-13H2,1-3H3,(H,24,28). The number of benzene rings is 1. The van der Waals surface area contributed by atoms with Gasteiger partial charge in [-0.15, -0.1) is 10.2 Å². The van der Waals surface area contributed by atoms with Crippen LogP contribution in [0, 0.1) is 19.8 Å². The van der Waals surface area contributed by atoms with Gasteiger partial charge in [-0.25, -0.2) is 0 Å². The number of carbonyl (C=O) groups excluding carboxylic acids is 2. The summed E-state index contributed by atoms with van der Waals surface area (Å²) in [7, 11) is 0. The van der Waals surface area contributed by atoms with Gasteiger partial charge in [0.2, 0.25) is 0 Å². The minimum atomic E-state index is -0.365. The number of rotatable bonds is 6. The first-order valence-electron chi connectivity index (χ1n) is 10.1. The fourth-order valence-electron chi connectivity index (χ4n) is 3.51. The molecule has 8 heteroatoms. The Bertz CT molecular complexity index is 904. The van der Waals surface area contributed by atoms with Gasteiger partial charge in [0.05, 0.1) is 12.0 Å². The number of ether oxygens (including phenoxy) is 1. The summed E-state index contributed by atoms with van der Waals surface area (Å²) in [5.74, 6) is -0.307. The highest BCUT2D eigenvalue weighted by molar-refractivity contribution is 6.29. The first kappa shape index (κ1) is 22.0. The molecule has 1 amide bonds. The topological polar surface area (TPSA) is 84.4 Å². The first-order chi connectivity index (χ1) is 14.3. The summed E-state index contributed by atoms with van der Waals surface area (Å²) < 4.78 is 5.29. The van der Waals surface area contributed by atoms with Gasteiger partial charge in [-0.1, -0.05) is 29.8 Å². The molecule has 0 aliphatic carbocycles. The summed E-state index contributed by atoms with van der Waals surface area (Å²) in [5, 5.41) is 11.1. The van der Waals surface area contributed by atoms with Crippen molar-refractivity contribution in [1.82, 2.24) is 15.5 Å². The van der Waals surface area contributed by atoms with Crippen molar-refractivity contribution >= 4 is 29.3 Å². The number of hydrogen-bond acceptors (Lipinski definition) is 6. The van der Waals surface area contributed by atoms with E-state index in [1.165, 1.54) is 11.1 Å². The van der Waals surface area contributed by atoms with E-state index in [4.69, 9.17) is 16.3 Å². The normalized spacial score (nSPS) is 17.3. The molecule has 1 saturated heterocycles. The van der Waals surface area contributed by atoms with Gasteiger partial charge in [0.15, 0.2) is 17.6 Å². The highest BCUT2D eigenvalue weighted by Gasteiger charge is 2.28. The maximum Gasteiger partial charge on any atom is 0.311 e. The van der Waals surface area contributed by atoms with Crippen molar-refractivity contribution in [1.29, 1.82) is 0 Å². The number of nitrogens with one attached hydrogen (secondary N) is 1. The number of aryl methyl sites for hydroxylation is 2. The zero-order valence-corrected chi connectivity index (χ0v) is 18.3. The van der Waals surface area contributed by atoms with E-state index in [0.717, 1.165) is 24.9 Å². The van der Waals surface area contributed by atoms with Crippen LogP contribution < -0.4 is 10.2 Å². The van der Waals surface area contributed by atoms with Crippen LogP contribution in [0.4, 0.5) is 5.82 Å². The van der Waals surface area contributed by atoms with Gasteiger partial charge in [-0.05, 0) is 62.4 Å². The Morgan fingerprint density at radius 3 is 2.73 bits per heavy atom. The molecule has 0 bridgehead atoms. The molecule has 1 N–H and O–H groups in total. The second kappa shape index (κ2) is 9.89. The molecule has 2 unspecified atom stereocenters. The van der Waals surface area contributed by atoms with Gasteiger partial charge in [-0.2, -0.15) is 0 Å². The van der Waals surface area contributed by atoms with Crippen LogP contribution in [0.15, 0.2) is 30.3 Å². The maximum absolute atomic E-state index is 12.5. The van der Waals surface area contributed by atoms with Crippen LogP contribution in [0.1, 0.15) is 42.5 Å². The van der Waals surface area contributed by atoms with E-state index in [2.05, 4.69) is 21.6 Å². The van der Waals surface area contributed by atoms with E-state index >= 15 is 0 Å². The molecular formula is C22H27ClN4O3. The zero-order chi connectivity index (χ0) is 21.7. The Morgan fingerprint density at radius 1 is 1.23 bits per heavy atom. The average molecular weight is 431 g/mol. The molecule has 30 heavy (non-hydrogen) atoms.